The molecule has 1 aromatic rings. The van der Waals surface area contributed by atoms with Gasteiger partial charge in [-0.1, -0.05) is 6.92 Å². The molecule has 1 fully saturated rings. The average molecular weight is 204 g/mol. The molecule has 0 aromatic heterocycles. The van der Waals surface area contributed by atoms with E-state index in [1.807, 2.05) is 6.07 Å². The monoisotopic (exact) mass is 204 g/mol. The Morgan fingerprint density at radius 2 is 2.27 bits per heavy atom. The smallest absolute Gasteiger partial charge is 0.124 e. The van der Waals surface area contributed by atoms with Crippen LogP contribution in [0.3, 0.4) is 0 Å². The summed E-state index contributed by atoms with van der Waals surface area (Å²) in [5, 5.41) is 12.1. The van der Waals surface area contributed by atoms with E-state index in [0.717, 1.165) is 18.5 Å². The minimum absolute atomic E-state index is 0.197. The van der Waals surface area contributed by atoms with Crippen molar-refractivity contribution in [3.05, 3.63) is 35.1 Å². The molecule has 2 atom stereocenters. The molecule has 2 unspecified atom stereocenters. The number of hydrogen-bond donors (Lipinski definition) is 1. The van der Waals surface area contributed by atoms with Gasteiger partial charge in [0, 0.05) is 6.04 Å². The number of benzene rings is 1. The zero-order valence-corrected chi connectivity index (χ0v) is 8.63. The molecule has 0 amide bonds. The summed E-state index contributed by atoms with van der Waals surface area (Å²) in [6, 6.07) is 6.71. The molecule has 78 valence electrons. The predicted molar refractivity (Wildman–Crippen MR) is 55.6 cm³/mol. The Morgan fingerprint density at radius 1 is 1.47 bits per heavy atom. The third-order valence-electron chi connectivity index (χ3n) is 2.80. The van der Waals surface area contributed by atoms with Crippen molar-refractivity contribution < 1.29 is 4.39 Å². The second-order valence-electron chi connectivity index (χ2n) is 4.19. The Hall–Kier alpha value is -1.40. The van der Waals surface area contributed by atoms with Gasteiger partial charge in [-0.05, 0) is 42.6 Å². The standard InChI is InChI=1S/C12H13FN2/c1-8-2-12(15-7-8)10-3-9(6-14)4-11(13)5-10/h3-5,8,12,15H,2,7H2,1H3. The molecule has 0 bridgehead atoms. The lowest BCUT2D eigenvalue weighted by atomic mass is 9.99. The van der Waals surface area contributed by atoms with E-state index in [4.69, 9.17) is 5.26 Å². The number of nitriles is 1. The molecular weight excluding hydrogens is 191 g/mol. The third kappa shape index (κ3) is 2.16. The average Bonchev–Trinajstić information content (AvgIpc) is 2.64. The van der Waals surface area contributed by atoms with E-state index in [2.05, 4.69) is 12.2 Å². The predicted octanol–water partition coefficient (Wildman–Crippen LogP) is 2.37. The summed E-state index contributed by atoms with van der Waals surface area (Å²) < 4.78 is 13.2. The highest BCUT2D eigenvalue weighted by Crippen LogP contribution is 2.27. The largest absolute Gasteiger partial charge is 0.310 e. The van der Waals surface area contributed by atoms with Crippen molar-refractivity contribution in [3.63, 3.8) is 0 Å². The van der Waals surface area contributed by atoms with Gasteiger partial charge in [0.2, 0.25) is 0 Å². The molecule has 0 aliphatic carbocycles. The van der Waals surface area contributed by atoms with E-state index >= 15 is 0 Å². The fourth-order valence-electron chi connectivity index (χ4n) is 2.04. The first-order valence-electron chi connectivity index (χ1n) is 5.13. The Balaban J connectivity index is 2.29. The van der Waals surface area contributed by atoms with Crippen LogP contribution in [0.1, 0.15) is 30.5 Å². The van der Waals surface area contributed by atoms with Crippen molar-refractivity contribution in [1.29, 1.82) is 5.26 Å². The maximum Gasteiger partial charge on any atom is 0.124 e. The normalized spacial score (nSPS) is 25.1. The highest BCUT2D eigenvalue weighted by Gasteiger charge is 2.22. The van der Waals surface area contributed by atoms with Crippen molar-refractivity contribution in [2.75, 3.05) is 6.54 Å². The first kappa shape index (κ1) is 10.1. The molecule has 1 aliphatic heterocycles. The van der Waals surface area contributed by atoms with E-state index in [1.165, 1.54) is 12.1 Å². The van der Waals surface area contributed by atoms with Gasteiger partial charge in [0.25, 0.3) is 0 Å². The van der Waals surface area contributed by atoms with Gasteiger partial charge < -0.3 is 5.32 Å². The molecular formula is C12H13FN2. The summed E-state index contributed by atoms with van der Waals surface area (Å²) in [7, 11) is 0. The zero-order chi connectivity index (χ0) is 10.8. The van der Waals surface area contributed by atoms with Crippen molar-refractivity contribution in [1.82, 2.24) is 5.32 Å². The maximum absolute atomic E-state index is 13.2. The fourth-order valence-corrected chi connectivity index (χ4v) is 2.04. The van der Waals surface area contributed by atoms with Crippen LogP contribution in [0.4, 0.5) is 4.39 Å². The minimum atomic E-state index is -0.328. The molecule has 1 heterocycles. The maximum atomic E-state index is 13.2. The highest BCUT2D eigenvalue weighted by molar-refractivity contribution is 5.35. The summed E-state index contributed by atoms with van der Waals surface area (Å²) in [5.74, 6) is 0.286. The molecule has 1 aromatic carbocycles. The van der Waals surface area contributed by atoms with Crippen molar-refractivity contribution >= 4 is 0 Å². The lowest BCUT2D eigenvalue weighted by molar-refractivity contribution is 0.593. The zero-order valence-electron chi connectivity index (χ0n) is 8.63. The summed E-state index contributed by atoms with van der Waals surface area (Å²) in [4.78, 5) is 0. The van der Waals surface area contributed by atoms with Crippen LogP contribution >= 0.6 is 0 Å². The Bertz CT molecular complexity index is 409. The van der Waals surface area contributed by atoms with Gasteiger partial charge >= 0.3 is 0 Å². The Labute approximate surface area is 88.7 Å². The SMILES string of the molecule is CC1CNC(c2cc(F)cc(C#N)c2)C1. The van der Waals surface area contributed by atoms with Gasteiger partial charge in [-0.3, -0.25) is 0 Å². The molecule has 0 spiro atoms. The van der Waals surface area contributed by atoms with Crippen LogP contribution in [-0.2, 0) is 0 Å². The van der Waals surface area contributed by atoms with Gasteiger partial charge in [-0.15, -0.1) is 0 Å². The number of nitrogens with one attached hydrogen (secondary N) is 1. The molecule has 2 rings (SSSR count). The second-order valence-corrected chi connectivity index (χ2v) is 4.19. The van der Waals surface area contributed by atoms with Crippen LogP contribution in [0.5, 0.6) is 0 Å². The molecule has 1 aliphatic rings. The molecule has 0 saturated carbocycles. The molecule has 15 heavy (non-hydrogen) atoms. The molecule has 3 heteroatoms. The van der Waals surface area contributed by atoms with Crippen LogP contribution in [0.15, 0.2) is 18.2 Å². The van der Waals surface area contributed by atoms with Gasteiger partial charge in [-0.25, -0.2) is 4.39 Å². The number of rotatable bonds is 1. The topological polar surface area (TPSA) is 35.8 Å². The number of halogens is 1. The van der Waals surface area contributed by atoms with Crippen LogP contribution < -0.4 is 5.32 Å². The van der Waals surface area contributed by atoms with Gasteiger partial charge in [0.05, 0.1) is 11.6 Å². The Morgan fingerprint density at radius 3 is 2.87 bits per heavy atom. The first-order valence-corrected chi connectivity index (χ1v) is 5.13. The summed E-state index contributed by atoms with van der Waals surface area (Å²) in [6.45, 7) is 3.13. The van der Waals surface area contributed by atoms with E-state index in [9.17, 15) is 4.39 Å². The number of nitrogens with zero attached hydrogens (tertiary/aromatic N) is 1. The first-order chi connectivity index (χ1) is 7.19. The van der Waals surface area contributed by atoms with Gasteiger partial charge in [0.15, 0.2) is 0 Å². The van der Waals surface area contributed by atoms with Crippen LogP contribution in [-0.4, -0.2) is 6.54 Å². The quantitative estimate of drug-likeness (QED) is 0.762. The van der Waals surface area contributed by atoms with E-state index in [-0.39, 0.29) is 11.9 Å². The van der Waals surface area contributed by atoms with Crippen molar-refractivity contribution in [2.24, 2.45) is 5.92 Å². The molecule has 1 saturated heterocycles. The third-order valence-corrected chi connectivity index (χ3v) is 2.80. The number of hydrogen-bond acceptors (Lipinski definition) is 2. The lowest BCUT2D eigenvalue weighted by Crippen LogP contribution is -2.13. The molecule has 0 radical (unpaired) electrons. The summed E-state index contributed by atoms with van der Waals surface area (Å²) >= 11 is 0. The van der Waals surface area contributed by atoms with Crippen molar-refractivity contribution in [2.45, 2.75) is 19.4 Å². The van der Waals surface area contributed by atoms with Crippen LogP contribution in [0.25, 0.3) is 0 Å². The minimum Gasteiger partial charge on any atom is -0.310 e. The van der Waals surface area contributed by atoms with Crippen molar-refractivity contribution in [3.8, 4) is 6.07 Å². The summed E-state index contributed by atoms with van der Waals surface area (Å²) in [6.07, 6.45) is 1.01. The van der Waals surface area contributed by atoms with E-state index in [0.29, 0.717) is 11.5 Å². The van der Waals surface area contributed by atoms with Gasteiger partial charge in [0.1, 0.15) is 5.82 Å². The molecule has 1 N–H and O–H groups in total. The fraction of sp³-hybridized carbons (Fsp3) is 0.417. The second kappa shape index (κ2) is 4.00. The van der Waals surface area contributed by atoms with Crippen LogP contribution in [0.2, 0.25) is 0 Å². The molecule has 2 nitrogen and oxygen atoms in total. The van der Waals surface area contributed by atoms with E-state index in [1.54, 1.807) is 6.07 Å². The van der Waals surface area contributed by atoms with Gasteiger partial charge in [-0.2, -0.15) is 5.26 Å². The van der Waals surface area contributed by atoms with Crippen LogP contribution in [0, 0.1) is 23.1 Å². The highest BCUT2D eigenvalue weighted by atomic mass is 19.1. The Kier molecular flexibility index (Phi) is 2.70. The van der Waals surface area contributed by atoms with E-state index < -0.39 is 0 Å². The lowest BCUT2D eigenvalue weighted by Gasteiger charge is -2.10. The summed E-state index contributed by atoms with van der Waals surface area (Å²) in [5.41, 5.74) is 1.28.